The van der Waals surface area contributed by atoms with Crippen LogP contribution in [-0.4, -0.2) is 25.7 Å². The predicted molar refractivity (Wildman–Crippen MR) is 150 cm³/mol. The van der Waals surface area contributed by atoms with Gasteiger partial charge in [-0.25, -0.2) is 18.4 Å². The lowest BCUT2D eigenvalue weighted by Gasteiger charge is -2.19. The Morgan fingerprint density at radius 1 is 1.00 bits per heavy atom. The van der Waals surface area contributed by atoms with Crippen LogP contribution in [0.3, 0.4) is 0 Å². The minimum atomic E-state index is -0.519. The normalized spacial score (nSPS) is 11.7. The van der Waals surface area contributed by atoms with Gasteiger partial charge >= 0.3 is 0 Å². The highest BCUT2D eigenvalue weighted by atomic mass is 19.1. The molecule has 3 aromatic carbocycles. The van der Waals surface area contributed by atoms with Crippen molar-refractivity contribution in [3.05, 3.63) is 83.2 Å². The van der Waals surface area contributed by atoms with Crippen molar-refractivity contribution < 1.29 is 18.1 Å². The van der Waals surface area contributed by atoms with Gasteiger partial charge in [0.15, 0.2) is 0 Å². The van der Waals surface area contributed by atoms with E-state index in [4.69, 9.17) is 4.52 Å². The molecule has 2 heterocycles. The standard InChI is InChI=1S/C30H30F2N6O2/c1-17-12-21(27(23(32)13-17)28-34-18(2)40-37-28)19-10-11-20(22(31)14-19)16-33-29-35-24-8-6-7-9-25(24)38(29)36-26(39)15-30(3,4)5/h6-14H,15-16H2,1-5H3,(H,33,35)(H,36,39). The van der Waals surface area contributed by atoms with Crippen molar-refractivity contribution in [1.29, 1.82) is 0 Å². The first-order chi connectivity index (χ1) is 19.0. The fourth-order valence-electron chi connectivity index (χ4n) is 4.53. The highest BCUT2D eigenvalue weighted by molar-refractivity contribution is 5.88. The number of benzene rings is 3. The van der Waals surface area contributed by atoms with Crippen LogP contribution in [0.1, 0.15) is 44.2 Å². The van der Waals surface area contributed by atoms with Crippen LogP contribution in [0.2, 0.25) is 0 Å². The van der Waals surface area contributed by atoms with Crippen LogP contribution >= 0.6 is 0 Å². The maximum Gasteiger partial charge on any atom is 0.239 e. The lowest BCUT2D eigenvalue weighted by Crippen LogP contribution is -2.27. The number of fused-ring (bicyclic) bond motifs is 1. The first-order valence-corrected chi connectivity index (χ1v) is 12.9. The first-order valence-electron chi connectivity index (χ1n) is 12.9. The van der Waals surface area contributed by atoms with E-state index in [0.29, 0.717) is 51.5 Å². The second-order valence-electron chi connectivity index (χ2n) is 11.0. The van der Waals surface area contributed by atoms with Gasteiger partial charge in [0.2, 0.25) is 23.6 Å². The summed E-state index contributed by atoms with van der Waals surface area (Å²) in [5.41, 5.74) is 6.24. The van der Waals surface area contributed by atoms with Crippen LogP contribution in [0.25, 0.3) is 33.5 Å². The molecule has 40 heavy (non-hydrogen) atoms. The number of para-hydroxylation sites is 2. The largest absolute Gasteiger partial charge is 0.350 e. The first kappa shape index (κ1) is 27.0. The number of anilines is 1. The maximum atomic E-state index is 15.4. The molecule has 0 bridgehead atoms. The molecule has 2 aromatic heterocycles. The zero-order valence-corrected chi connectivity index (χ0v) is 23.0. The number of aryl methyl sites for hydroxylation is 2. The summed E-state index contributed by atoms with van der Waals surface area (Å²) >= 11 is 0. The lowest BCUT2D eigenvalue weighted by molar-refractivity contribution is -0.118. The van der Waals surface area contributed by atoms with Gasteiger partial charge in [-0.3, -0.25) is 10.2 Å². The zero-order chi connectivity index (χ0) is 28.6. The highest BCUT2D eigenvalue weighted by Crippen LogP contribution is 2.35. The minimum absolute atomic E-state index is 0.101. The van der Waals surface area contributed by atoms with Crippen molar-refractivity contribution in [2.75, 3.05) is 10.7 Å². The molecule has 0 saturated heterocycles. The number of carbonyl (C=O) groups excluding carboxylic acids is 1. The van der Waals surface area contributed by atoms with Gasteiger partial charge in [0.1, 0.15) is 11.6 Å². The SMILES string of the molecule is Cc1cc(F)c(-c2noc(C)n2)c(-c2ccc(CNc3nc4ccccc4n3NC(=O)CC(C)(C)C)c(F)c2)c1. The van der Waals surface area contributed by atoms with Gasteiger partial charge in [0, 0.05) is 25.5 Å². The van der Waals surface area contributed by atoms with Gasteiger partial charge in [-0.1, -0.05) is 56.3 Å². The molecule has 0 aliphatic carbocycles. The number of hydrogen-bond donors (Lipinski definition) is 2. The second kappa shape index (κ2) is 10.5. The molecule has 0 unspecified atom stereocenters. The van der Waals surface area contributed by atoms with Gasteiger partial charge in [-0.2, -0.15) is 4.98 Å². The van der Waals surface area contributed by atoms with E-state index in [1.807, 2.05) is 45.0 Å². The van der Waals surface area contributed by atoms with Crippen LogP contribution < -0.4 is 10.7 Å². The van der Waals surface area contributed by atoms with Crippen molar-refractivity contribution in [2.24, 2.45) is 5.41 Å². The summed E-state index contributed by atoms with van der Waals surface area (Å²) in [6.45, 7) is 9.45. The van der Waals surface area contributed by atoms with E-state index in [9.17, 15) is 4.79 Å². The summed E-state index contributed by atoms with van der Waals surface area (Å²) in [6, 6.07) is 15.3. The van der Waals surface area contributed by atoms with Gasteiger partial charge in [0.05, 0.1) is 16.6 Å². The van der Waals surface area contributed by atoms with E-state index >= 15 is 8.78 Å². The number of imidazole rings is 1. The molecule has 2 N–H and O–H groups in total. The van der Waals surface area contributed by atoms with Gasteiger partial charge < -0.3 is 9.84 Å². The van der Waals surface area contributed by atoms with Crippen LogP contribution in [-0.2, 0) is 11.3 Å². The van der Waals surface area contributed by atoms with Crippen molar-refractivity contribution in [2.45, 2.75) is 47.6 Å². The quantitative estimate of drug-likeness (QED) is 0.235. The number of amides is 1. The van der Waals surface area contributed by atoms with E-state index in [2.05, 4.69) is 25.9 Å². The molecule has 5 aromatic rings. The molecule has 10 heteroatoms. The monoisotopic (exact) mass is 544 g/mol. The maximum absolute atomic E-state index is 15.4. The number of rotatable bonds is 7. The van der Waals surface area contributed by atoms with Crippen molar-refractivity contribution in [1.82, 2.24) is 19.8 Å². The molecule has 5 rings (SSSR count). The van der Waals surface area contributed by atoms with E-state index < -0.39 is 11.6 Å². The number of hydrogen-bond acceptors (Lipinski definition) is 6. The van der Waals surface area contributed by atoms with Crippen LogP contribution in [0.4, 0.5) is 14.7 Å². The number of nitrogens with one attached hydrogen (secondary N) is 2. The molecule has 0 aliphatic rings. The Labute approximate surface area is 230 Å². The molecule has 8 nitrogen and oxygen atoms in total. The summed E-state index contributed by atoms with van der Waals surface area (Å²) in [6.07, 6.45) is 0.319. The molecule has 0 spiro atoms. The molecule has 1 amide bonds. The Kier molecular flexibility index (Phi) is 7.10. The third-order valence-electron chi connectivity index (χ3n) is 6.27. The predicted octanol–water partition coefficient (Wildman–Crippen LogP) is 6.77. The van der Waals surface area contributed by atoms with E-state index in [1.54, 1.807) is 36.7 Å². The van der Waals surface area contributed by atoms with E-state index in [-0.39, 0.29) is 29.3 Å². The highest BCUT2D eigenvalue weighted by Gasteiger charge is 2.21. The number of halogens is 2. The van der Waals surface area contributed by atoms with Crippen LogP contribution in [0, 0.1) is 30.9 Å². The zero-order valence-electron chi connectivity index (χ0n) is 23.0. The summed E-state index contributed by atoms with van der Waals surface area (Å²) in [5, 5.41) is 7.01. The van der Waals surface area contributed by atoms with Crippen LogP contribution in [0.5, 0.6) is 0 Å². The lowest BCUT2D eigenvalue weighted by atomic mass is 9.92. The topological polar surface area (TPSA) is 97.9 Å². The van der Waals surface area contributed by atoms with Crippen molar-refractivity contribution in [3.8, 4) is 22.5 Å². The average Bonchev–Trinajstić information content (AvgIpc) is 3.45. The molecule has 206 valence electrons. The molecule has 0 fully saturated rings. The number of nitrogens with zero attached hydrogens (tertiary/aromatic N) is 4. The van der Waals surface area contributed by atoms with Gasteiger partial charge in [-0.05, 0) is 53.3 Å². The molecule has 0 atom stereocenters. The van der Waals surface area contributed by atoms with Crippen LogP contribution in [0.15, 0.2) is 59.1 Å². The van der Waals surface area contributed by atoms with Gasteiger partial charge in [-0.15, -0.1) is 0 Å². The Balaban J connectivity index is 1.43. The van der Waals surface area contributed by atoms with Crippen molar-refractivity contribution >= 4 is 22.9 Å². The average molecular weight is 545 g/mol. The Morgan fingerprint density at radius 3 is 2.48 bits per heavy atom. The third-order valence-corrected chi connectivity index (χ3v) is 6.27. The van der Waals surface area contributed by atoms with E-state index in [1.165, 1.54) is 12.1 Å². The number of carbonyl (C=O) groups is 1. The van der Waals surface area contributed by atoms with E-state index in [0.717, 1.165) is 0 Å². The van der Waals surface area contributed by atoms with Gasteiger partial charge in [0.25, 0.3) is 0 Å². The molecular weight excluding hydrogens is 514 g/mol. The summed E-state index contributed by atoms with van der Waals surface area (Å²) in [5.74, 6) is -0.386. The second-order valence-corrected chi connectivity index (χ2v) is 11.0. The Hall–Kier alpha value is -4.60. The summed E-state index contributed by atoms with van der Waals surface area (Å²) < 4.78 is 37.1. The Morgan fingerprint density at radius 2 is 1.77 bits per heavy atom. The summed E-state index contributed by atoms with van der Waals surface area (Å²) in [7, 11) is 0. The molecule has 0 radical (unpaired) electrons. The Bertz CT molecular complexity index is 1720. The number of aromatic nitrogens is 4. The third kappa shape index (κ3) is 5.70. The molecule has 0 aliphatic heterocycles. The minimum Gasteiger partial charge on any atom is -0.350 e. The molecular formula is C30H30F2N6O2. The summed E-state index contributed by atoms with van der Waals surface area (Å²) in [4.78, 5) is 21.5. The smallest absolute Gasteiger partial charge is 0.239 e. The van der Waals surface area contributed by atoms with Crippen molar-refractivity contribution in [3.63, 3.8) is 0 Å². The fraction of sp³-hybridized carbons (Fsp3) is 0.267. The molecule has 0 saturated carbocycles. The fourth-order valence-corrected chi connectivity index (χ4v) is 4.53.